The summed E-state index contributed by atoms with van der Waals surface area (Å²) < 4.78 is 24.3. The molecule has 0 saturated heterocycles. The minimum absolute atomic E-state index is 0.0511. The number of hydrogen-bond donors (Lipinski definition) is 1. The van der Waals surface area contributed by atoms with Crippen LogP contribution in [0.2, 0.25) is 5.02 Å². The van der Waals surface area contributed by atoms with E-state index < -0.39 is 5.82 Å². The number of benzene rings is 1. The average molecular weight is 270 g/mol. The fraction of sp³-hybridized carbons (Fsp3) is 0.231. The molecule has 2 rings (SSSR count). The summed E-state index contributed by atoms with van der Waals surface area (Å²) in [5, 5.41) is 3.04. The maximum absolute atomic E-state index is 13.6. The van der Waals surface area contributed by atoms with Crippen molar-refractivity contribution in [1.29, 1.82) is 0 Å². The predicted molar refractivity (Wildman–Crippen MR) is 67.2 cm³/mol. The molecule has 0 radical (unpaired) electrons. The topological polar surface area (TPSA) is 34.4 Å². The van der Waals surface area contributed by atoms with E-state index in [2.05, 4.69) is 5.32 Å². The lowest BCUT2D eigenvalue weighted by molar-refractivity contribution is 0.286. The highest BCUT2D eigenvalue weighted by Crippen LogP contribution is 2.25. The van der Waals surface area contributed by atoms with Crippen molar-refractivity contribution >= 4 is 11.6 Å². The van der Waals surface area contributed by atoms with E-state index in [-0.39, 0.29) is 17.4 Å². The molecule has 0 spiro atoms. The Hall–Kier alpha value is -1.52. The van der Waals surface area contributed by atoms with Crippen LogP contribution in [-0.4, -0.2) is 7.05 Å². The Morgan fingerprint density at radius 3 is 3.00 bits per heavy atom. The molecule has 0 aliphatic carbocycles. The molecule has 0 bridgehead atoms. The van der Waals surface area contributed by atoms with E-state index in [4.69, 9.17) is 20.8 Å². The molecule has 18 heavy (non-hydrogen) atoms. The van der Waals surface area contributed by atoms with Crippen LogP contribution in [0.3, 0.4) is 0 Å². The minimum Gasteiger partial charge on any atom is -0.486 e. The van der Waals surface area contributed by atoms with Gasteiger partial charge in [-0.1, -0.05) is 17.7 Å². The molecule has 96 valence electrons. The first kappa shape index (κ1) is 12.9. The Morgan fingerprint density at radius 1 is 1.39 bits per heavy atom. The molecular weight excluding hydrogens is 257 g/mol. The normalized spacial score (nSPS) is 10.6. The van der Waals surface area contributed by atoms with Crippen LogP contribution in [0.25, 0.3) is 0 Å². The van der Waals surface area contributed by atoms with Crippen molar-refractivity contribution in [3.63, 3.8) is 0 Å². The van der Waals surface area contributed by atoms with Crippen molar-refractivity contribution in [2.75, 3.05) is 7.05 Å². The maximum atomic E-state index is 13.6. The number of nitrogens with one attached hydrogen (secondary N) is 1. The molecule has 1 aromatic carbocycles. The molecule has 5 heteroatoms. The summed E-state index contributed by atoms with van der Waals surface area (Å²) in [6.07, 6.45) is 1.58. The number of halogens is 2. The van der Waals surface area contributed by atoms with Gasteiger partial charge in [-0.3, -0.25) is 0 Å². The molecule has 0 aliphatic heterocycles. The second-order valence-electron chi connectivity index (χ2n) is 3.74. The Balaban J connectivity index is 2.07. The van der Waals surface area contributed by atoms with Gasteiger partial charge in [0, 0.05) is 5.56 Å². The molecule has 1 N–H and O–H groups in total. The third kappa shape index (κ3) is 2.83. The molecule has 1 aromatic heterocycles. The van der Waals surface area contributed by atoms with Crippen molar-refractivity contribution in [3.8, 4) is 5.75 Å². The summed E-state index contributed by atoms with van der Waals surface area (Å²) in [7, 11) is 1.82. The highest BCUT2D eigenvalue weighted by molar-refractivity contribution is 6.30. The summed E-state index contributed by atoms with van der Waals surface area (Å²) in [5.41, 5.74) is 0.878. The van der Waals surface area contributed by atoms with E-state index in [1.807, 2.05) is 7.05 Å². The molecule has 0 aliphatic rings. The first-order chi connectivity index (χ1) is 8.72. The number of ether oxygens (including phenoxy) is 1. The fourth-order valence-electron chi connectivity index (χ4n) is 1.56. The summed E-state index contributed by atoms with van der Waals surface area (Å²) in [4.78, 5) is 0. The van der Waals surface area contributed by atoms with Gasteiger partial charge >= 0.3 is 0 Å². The molecule has 0 atom stereocenters. The van der Waals surface area contributed by atoms with Gasteiger partial charge in [0.25, 0.3) is 0 Å². The minimum atomic E-state index is -0.544. The van der Waals surface area contributed by atoms with E-state index in [9.17, 15) is 4.39 Å². The Morgan fingerprint density at radius 2 is 2.22 bits per heavy atom. The Labute approximate surface area is 110 Å². The van der Waals surface area contributed by atoms with Crippen LogP contribution >= 0.6 is 11.6 Å². The van der Waals surface area contributed by atoms with Gasteiger partial charge in [0.15, 0.2) is 11.6 Å². The molecule has 3 nitrogen and oxygen atoms in total. The highest BCUT2D eigenvalue weighted by Gasteiger charge is 2.10. The fourth-order valence-corrected chi connectivity index (χ4v) is 1.73. The van der Waals surface area contributed by atoms with E-state index >= 15 is 0 Å². The molecule has 0 fully saturated rings. The van der Waals surface area contributed by atoms with E-state index in [1.165, 1.54) is 6.07 Å². The number of hydrogen-bond acceptors (Lipinski definition) is 3. The van der Waals surface area contributed by atoms with Crippen molar-refractivity contribution in [1.82, 2.24) is 5.32 Å². The van der Waals surface area contributed by atoms with Crippen LogP contribution < -0.4 is 10.1 Å². The van der Waals surface area contributed by atoms with E-state index in [1.54, 1.807) is 24.5 Å². The highest BCUT2D eigenvalue weighted by atomic mass is 35.5. The first-order valence-electron chi connectivity index (χ1n) is 5.49. The smallest absolute Gasteiger partial charge is 0.183 e. The van der Waals surface area contributed by atoms with Gasteiger partial charge in [-0.15, -0.1) is 0 Å². The molecule has 1 heterocycles. The van der Waals surface area contributed by atoms with Gasteiger partial charge in [0.05, 0.1) is 17.8 Å². The second kappa shape index (κ2) is 5.89. The molecule has 0 amide bonds. The zero-order chi connectivity index (χ0) is 13.0. The Kier molecular flexibility index (Phi) is 4.23. The molecule has 0 unspecified atom stereocenters. The molecule has 2 aromatic rings. The van der Waals surface area contributed by atoms with Crippen LogP contribution in [0, 0.1) is 5.82 Å². The van der Waals surface area contributed by atoms with Gasteiger partial charge in [-0.25, -0.2) is 4.39 Å². The zero-order valence-corrected chi connectivity index (χ0v) is 10.6. The van der Waals surface area contributed by atoms with Crippen molar-refractivity contribution in [2.45, 2.75) is 13.2 Å². The standard InChI is InChI=1S/C13H13ClFNO2/c1-16-7-12-9(5-6-17-12)8-18-11-4-2-3-10(14)13(11)15/h2-6,16H,7-8H2,1H3. The lowest BCUT2D eigenvalue weighted by Gasteiger charge is -2.08. The quantitative estimate of drug-likeness (QED) is 0.904. The van der Waals surface area contributed by atoms with Crippen molar-refractivity contribution < 1.29 is 13.5 Å². The number of rotatable bonds is 5. The van der Waals surface area contributed by atoms with Gasteiger partial charge < -0.3 is 14.5 Å². The third-order valence-corrected chi connectivity index (χ3v) is 2.77. The molecule has 0 saturated carbocycles. The third-order valence-electron chi connectivity index (χ3n) is 2.47. The lowest BCUT2D eigenvalue weighted by Crippen LogP contribution is -2.07. The summed E-state index contributed by atoms with van der Waals surface area (Å²) in [6, 6.07) is 6.47. The first-order valence-corrected chi connectivity index (χ1v) is 5.87. The number of furan rings is 1. The van der Waals surface area contributed by atoms with Gasteiger partial charge in [-0.2, -0.15) is 0 Å². The van der Waals surface area contributed by atoms with Crippen molar-refractivity contribution in [3.05, 3.63) is 52.7 Å². The summed E-state index contributed by atoms with van der Waals surface area (Å²) in [5.74, 6) is 0.372. The zero-order valence-electron chi connectivity index (χ0n) is 9.87. The maximum Gasteiger partial charge on any atom is 0.183 e. The summed E-state index contributed by atoms with van der Waals surface area (Å²) >= 11 is 5.67. The van der Waals surface area contributed by atoms with Crippen LogP contribution in [0.5, 0.6) is 5.75 Å². The van der Waals surface area contributed by atoms with E-state index in [0.29, 0.717) is 6.54 Å². The molecular formula is C13H13ClFNO2. The lowest BCUT2D eigenvalue weighted by atomic mass is 10.2. The Bertz CT molecular complexity index is 527. The SMILES string of the molecule is CNCc1occc1COc1cccc(Cl)c1F. The van der Waals surface area contributed by atoms with Crippen LogP contribution in [0.15, 0.2) is 34.9 Å². The second-order valence-corrected chi connectivity index (χ2v) is 4.15. The van der Waals surface area contributed by atoms with Gasteiger partial charge in [0.2, 0.25) is 0 Å². The average Bonchev–Trinajstić information content (AvgIpc) is 2.79. The van der Waals surface area contributed by atoms with Gasteiger partial charge in [0.1, 0.15) is 12.4 Å². The van der Waals surface area contributed by atoms with Crippen LogP contribution in [0.4, 0.5) is 4.39 Å². The van der Waals surface area contributed by atoms with Crippen LogP contribution in [-0.2, 0) is 13.2 Å². The van der Waals surface area contributed by atoms with Crippen LogP contribution in [0.1, 0.15) is 11.3 Å². The monoisotopic (exact) mass is 269 g/mol. The predicted octanol–water partition coefficient (Wildman–Crippen LogP) is 3.37. The van der Waals surface area contributed by atoms with Gasteiger partial charge in [-0.05, 0) is 25.2 Å². The van der Waals surface area contributed by atoms with Crippen molar-refractivity contribution in [2.24, 2.45) is 0 Å². The largest absolute Gasteiger partial charge is 0.486 e. The summed E-state index contributed by atoms with van der Waals surface area (Å²) in [6.45, 7) is 0.842. The van der Waals surface area contributed by atoms with E-state index in [0.717, 1.165) is 11.3 Å².